The van der Waals surface area contributed by atoms with Crippen LogP contribution in [0.2, 0.25) is 0 Å². The van der Waals surface area contributed by atoms with Crippen LogP contribution in [0.4, 0.5) is 0 Å². The van der Waals surface area contributed by atoms with Gasteiger partial charge in [0.25, 0.3) is 6.29 Å². The van der Waals surface area contributed by atoms with Crippen molar-refractivity contribution in [1.29, 1.82) is 0 Å². The summed E-state index contributed by atoms with van der Waals surface area (Å²) in [6.45, 7) is 4.99. The minimum absolute atomic E-state index is 0.264. The number of ether oxygens (including phenoxy) is 2. The quantitative estimate of drug-likeness (QED) is 0.562. The molecule has 1 heterocycles. The van der Waals surface area contributed by atoms with Gasteiger partial charge in [-0.15, -0.1) is 0 Å². The number of benzene rings is 1. The SMILES string of the molecule is C=C(C)C(=O)OC1OC(=O)c2ccccc21. The summed E-state index contributed by atoms with van der Waals surface area (Å²) >= 11 is 0. The van der Waals surface area contributed by atoms with Crippen LogP contribution in [0.1, 0.15) is 29.1 Å². The summed E-state index contributed by atoms with van der Waals surface area (Å²) in [4.78, 5) is 22.7. The lowest BCUT2D eigenvalue weighted by atomic mass is 10.1. The van der Waals surface area contributed by atoms with E-state index in [0.717, 1.165) is 0 Å². The highest BCUT2D eigenvalue weighted by Crippen LogP contribution is 2.31. The van der Waals surface area contributed by atoms with Crippen molar-refractivity contribution >= 4 is 11.9 Å². The van der Waals surface area contributed by atoms with Gasteiger partial charge >= 0.3 is 11.9 Å². The van der Waals surface area contributed by atoms with E-state index in [2.05, 4.69) is 6.58 Å². The van der Waals surface area contributed by atoms with Crippen molar-refractivity contribution in [3.63, 3.8) is 0 Å². The van der Waals surface area contributed by atoms with Gasteiger partial charge in [0.15, 0.2) is 0 Å². The van der Waals surface area contributed by atoms with Crippen LogP contribution in [0.5, 0.6) is 0 Å². The molecule has 1 aromatic rings. The Balaban J connectivity index is 2.24. The predicted octanol–water partition coefficient (Wildman–Crippen LogP) is 1.97. The number of fused-ring (bicyclic) bond motifs is 1. The average Bonchev–Trinajstić information content (AvgIpc) is 2.57. The number of cyclic esters (lactones) is 1. The molecule has 0 aromatic heterocycles. The van der Waals surface area contributed by atoms with E-state index in [4.69, 9.17) is 9.47 Å². The topological polar surface area (TPSA) is 52.6 Å². The second-order valence-corrected chi connectivity index (χ2v) is 3.51. The van der Waals surface area contributed by atoms with Gasteiger partial charge in [0.05, 0.1) is 5.56 Å². The van der Waals surface area contributed by atoms with Crippen molar-refractivity contribution in [1.82, 2.24) is 0 Å². The van der Waals surface area contributed by atoms with Gasteiger partial charge in [-0.25, -0.2) is 9.59 Å². The summed E-state index contributed by atoms with van der Waals surface area (Å²) in [6.07, 6.45) is -0.951. The Hall–Kier alpha value is -2.10. The second-order valence-electron chi connectivity index (χ2n) is 3.51. The largest absolute Gasteiger partial charge is 0.417 e. The molecule has 0 aliphatic carbocycles. The highest BCUT2D eigenvalue weighted by Gasteiger charge is 2.33. The molecular weight excluding hydrogens is 208 g/mol. The Morgan fingerprint density at radius 2 is 2.12 bits per heavy atom. The van der Waals surface area contributed by atoms with Crippen molar-refractivity contribution in [3.8, 4) is 0 Å². The van der Waals surface area contributed by atoms with E-state index in [1.54, 1.807) is 24.3 Å². The van der Waals surface area contributed by atoms with Gasteiger partial charge in [-0.3, -0.25) is 0 Å². The van der Waals surface area contributed by atoms with E-state index < -0.39 is 18.2 Å². The Morgan fingerprint density at radius 3 is 2.81 bits per heavy atom. The third-order valence-electron chi connectivity index (χ3n) is 2.21. The summed E-state index contributed by atoms with van der Waals surface area (Å²) in [5, 5.41) is 0. The highest BCUT2D eigenvalue weighted by atomic mass is 16.7. The maximum absolute atomic E-state index is 11.4. The molecule has 1 aliphatic heterocycles. The molecule has 0 bridgehead atoms. The highest BCUT2D eigenvalue weighted by molar-refractivity contribution is 5.94. The molecule has 1 aromatic carbocycles. The van der Waals surface area contributed by atoms with Gasteiger partial charge in [0.1, 0.15) is 0 Å². The molecule has 0 saturated carbocycles. The molecule has 1 unspecified atom stereocenters. The Labute approximate surface area is 92.5 Å². The fraction of sp³-hybridized carbons (Fsp3) is 0.167. The maximum Gasteiger partial charge on any atom is 0.342 e. The summed E-state index contributed by atoms with van der Waals surface area (Å²) in [5.74, 6) is -1.05. The Morgan fingerprint density at radius 1 is 1.44 bits per heavy atom. The van der Waals surface area contributed by atoms with Crippen LogP contribution < -0.4 is 0 Å². The Bertz CT molecular complexity index is 476. The van der Waals surface area contributed by atoms with Gasteiger partial charge < -0.3 is 9.47 Å². The lowest BCUT2D eigenvalue weighted by Crippen LogP contribution is -2.11. The normalized spacial score (nSPS) is 17.6. The molecule has 0 spiro atoms. The first-order valence-electron chi connectivity index (χ1n) is 4.76. The van der Waals surface area contributed by atoms with Crippen LogP contribution in [-0.2, 0) is 14.3 Å². The molecule has 16 heavy (non-hydrogen) atoms. The first-order chi connectivity index (χ1) is 7.59. The summed E-state index contributed by atoms with van der Waals surface area (Å²) in [7, 11) is 0. The molecule has 82 valence electrons. The smallest absolute Gasteiger partial charge is 0.342 e. The van der Waals surface area contributed by atoms with Crippen LogP contribution in [0.3, 0.4) is 0 Å². The molecule has 0 saturated heterocycles. The van der Waals surface area contributed by atoms with Crippen LogP contribution in [0, 0.1) is 0 Å². The van der Waals surface area contributed by atoms with Crippen molar-refractivity contribution in [3.05, 3.63) is 47.5 Å². The minimum Gasteiger partial charge on any atom is -0.417 e. The molecule has 0 amide bonds. The van der Waals surface area contributed by atoms with E-state index in [1.165, 1.54) is 6.92 Å². The van der Waals surface area contributed by atoms with Gasteiger partial charge in [0.2, 0.25) is 0 Å². The van der Waals surface area contributed by atoms with E-state index in [1.807, 2.05) is 0 Å². The number of esters is 2. The van der Waals surface area contributed by atoms with E-state index in [9.17, 15) is 9.59 Å². The van der Waals surface area contributed by atoms with Gasteiger partial charge in [-0.1, -0.05) is 24.8 Å². The molecule has 1 atom stereocenters. The van der Waals surface area contributed by atoms with E-state index in [0.29, 0.717) is 11.1 Å². The molecule has 4 nitrogen and oxygen atoms in total. The first-order valence-corrected chi connectivity index (χ1v) is 4.76. The number of rotatable bonds is 2. The van der Waals surface area contributed by atoms with E-state index >= 15 is 0 Å². The predicted molar refractivity (Wildman–Crippen MR) is 55.5 cm³/mol. The van der Waals surface area contributed by atoms with E-state index in [-0.39, 0.29) is 5.57 Å². The molecule has 0 fully saturated rings. The van der Waals surface area contributed by atoms with Gasteiger partial charge in [-0.05, 0) is 13.0 Å². The third kappa shape index (κ3) is 1.69. The molecule has 0 radical (unpaired) electrons. The number of hydrogen-bond donors (Lipinski definition) is 0. The third-order valence-corrected chi connectivity index (χ3v) is 2.21. The van der Waals surface area contributed by atoms with Crippen molar-refractivity contribution in [2.75, 3.05) is 0 Å². The number of carbonyl (C=O) groups excluding carboxylic acids is 2. The molecule has 1 aliphatic rings. The van der Waals surface area contributed by atoms with Crippen LogP contribution >= 0.6 is 0 Å². The van der Waals surface area contributed by atoms with Gasteiger partial charge in [-0.2, -0.15) is 0 Å². The molecule has 0 N–H and O–H groups in total. The fourth-order valence-corrected chi connectivity index (χ4v) is 1.40. The van der Waals surface area contributed by atoms with Crippen molar-refractivity contribution in [2.24, 2.45) is 0 Å². The minimum atomic E-state index is -0.951. The molecule has 2 rings (SSSR count). The zero-order valence-corrected chi connectivity index (χ0v) is 8.73. The summed E-state index contributed by atoms with van der Waals surface area (Å²) in [6, 6.07) is 6.80. The lowest BCUT2D eigenvalue weighted by molar-refractivity contribution is -0.162. The summed E-state index contributed by atoms with van der Waals surface area (Å²) in [5.41, 5.74) is 1.27. The lowest BCUT2D eigenvalue weighted by Gasteiger charge is -2.11. The maximum atomic E-state index is 11.4. The van der Waals surface area contributed by atoms with Crippen LogP contribution in [-0.4, -0.2) is 11.9 Å². The van der Waals surface area contributed by atoms with Crippen LogP contribution in [0.25, 0.3) is 0 Å². The zero-order chi connectivity index (χ0) is 11.7. The second kappa shape index (κ2) is 3.81. The number of carbonyl (C=O) groups is 2. The van der Waals surface area contributed by atoms with Crippen molar-refractivity contribution < 1.29 is 19.1 Å². The molecule has 4 heteroatoms. The Kier molecular flexibility index (Phi) is 2.48. The van der Waals surface area contributed by atoms with Crippen LogP contribution in [0.15, 0.2) is 36.4 Å². The fourth-order valence-electron chi connectivity index (χ4n) is 1.40. The standard InChI is InChI=1S/C12H10O4/c1-7(2)10(13)15-12-9-6-4-3-5-8(9)11(14)16-12/h3-6,12H,1H2,2H3. The monoisotopic (exact) mass is 218 g/mol. The number of hydrogen-bond acceptors (Lipinski definition) is 4. The first kappa shape index (κ1) is 10.4. The molecular formula is C12H10O4. The van der Waals surface area contributed by atoms with Crippen molar-refractivity contribution in [2.45, 2.75) is 13.2 Å². The van der Waals surface area contributed by atoms with Gasteiger partial charge in [0, 0.05) is 11.1 Å². The average molecular weight is 218 g/mol. The zero-order valence-electron chi connectivity index (χ0n) is 8.73. The summed E-state index contributed by atoms with van der Waals surface area (Å²) < 4.78 is 9.92.